The van der Waals surface area contributed by atoms with Gasteiger partial charge < -0.3 is 15.2 Å². The van der Waals surface area contributed by atoms with Crippen molar-refractivity contribution in [3.05, 3.63) is 29.8 Å². The molecular weight excluding hydrogens is 250 g/mol. The predicted octanol–water partition coefficient (Wildman–Crippen LogP) is 2.11. The second-order valence-electron chi connectivity index (χ2n) is 3.78. The van der Waals surface area contributed by atoms with Gasteiger partial charge in [-0.3, -0.25) is 0 Å². The van der Waals surface area contributed by atoms with Crippen molar-refractivity contribution in [3.8, 4) is 5.75 Å². The van der Waals surface area contributed by atoms with Gasteiger partial charge in [-0.25, -0.2) is 4.79 Å². The molecule has 1 aromatic rings. The maximum atomic E-state index is 10.8. The minimum absolute atomic E-state index is 0.250. The van der Waals surface area contributed by atoms with E-state index in [0.29, 0.717) is 12.4 Å². The molecule has 1 aromatic carbocycles. The second kappa shape index (κ2) is 8.83. The summed E-state index contributed by atoms with van der Waals surface area (Å²) in [6, 6.07) is 6.54. The third-order valence-corrected chi connectivity index (χ3v) is 3.03. The topological polar surface area (TPSA) is 58.6 Å². The average molecular weight is 269 g/mol. The van der Waals surface area contributed by atoms with E-state index in [4.69, 9.17) is 9.84 Å². The lowest BCUT2D eigenvalue weighted by molar-refractivity contribution is 0.0696. The largest absolute Gasteiger partial charge is 0.492 e. The molecule has 0 bridgehead atoms. The van der Waals surface area contributed by atoms with Crippen LogP contribution in [0.15, 0.2) is 24.3 Å². The van der Waals surface area contributed by atoms with E-state index in [-0.39, 0.29) is 5.56 Å². The Bertz CT molecular complexity index is 371. The number of carboxylic acid groups (broad SMARTS) is 1. The summed E-state index contributed by atoms with van der Waals surface area (Å²) < 4.78 is 5.47. The van der Waals surface area contributed by atoms with Crippen LogP contribution in [0.3, 0.4) is 0 Å². The Morgan fingerprint density at radius 1 is 1.44 bits per heavy atom. The fourth-order valence-corrected chi connectivity index (χ4v) is 1.86. The first-order valence-corrected chi connectivity index (χ1v) is 7.29. The molecule has 0 radical (unpaired) electrons. The Hall–Kier alpha value is -1.20. The summed E-state index contributed by atoms with van der Waals surface area (Å²) >= 11 is 1.84. The highest BCUT2D eigenvalue weighted by Gasteiger charge is 2.03. The van der Waals surface area contributed by atoms with Crippen molar-refractivity contribution in [1.82, 2.24) is 5.32 Å². The molecule has 1 rings (SSSR count). The number of hydrogen-bond acceptors (Lipinski definition) is 4. The van der Waals surface area contributed by atoms with E-state index in [0.717, 1.165) is 25.3 Å². The molecule has 0 saturated heterocycles. The number of hydrogen-bond donors (Lipinski definition) is 2. The van der Waals surface area contributed by atoms with Crippen LogP contribution in [0.25, 0.3) is 0 Å². The van der Waals surface area contributed by atoms with E-state index in [1.807, 2.05) is 11.8 Å². The Morgan fingerprint density at radius 2 is 2.28 bits per heavy atom. The average Bonchev–Trinajstić information content (AvgIpc) is 2.38. The number of carbonyl (C=O) groups is 1. The monoisotopic (exact) mass is 269 g/mol. The van der Waals surface area contributed by atoms with Crippen LogP contribution in [0.4, 0.5) is 0 Å². The quantitative estimate of drug-likeness (QED) is 0.672. The first-order chi connectivity index (χ1) is 8.74. The molecule has 4 nitrogen and oxygen atoms in total. The van der Waals surface area contributed by atoms with Gasteiger partial charge in [0, 0.05) is 6.54 Å². The SMILES string of the molecule is CSCCCNCCOc1cccc(C(=O)O)c1. The zero-order chi connectivity index (χ0) is 13.2. The molecule has 0 aliphatic rings. The molecule has 0 heterocycles. The standard InChI is InChI=1S/C13H19NO3S/c1-18-9-3-6-14-7-8-17-12-5-2-4-11(10-12)13(15)16/h2,4-5,10,14H,3,6-9H2,1H3,(H,15,16). The van der Waals surface area contributed by atoms with E-state index in [9.17, 15) is 4.79 Å². The van der Waals surface area contributed by atoms with Crippen molar-refractivity contribution in [2.45, 2.75) is 6.42 Å². The van der Waals surface area contributed by atoms with Crippen LogP contribution in [-0.4, -0.2) is 42.8 Å². The summed E-state index contributed by atoms with van der Waals surface area (Å²) in [6.07, 6.45) is 3.24. The fourth-order valence-electron chi connectivity index (χ4n) is 1.43. The molecule has 0 fully saturated rings. The summed E-state index contributed by atoms with van der Waals surface area (Å²) in [5.41, 5.74) is 0.250. The molecule has 0 saturated carbocycles. The molecule has 0 aliphatic carbocycles. The molecule has 0 unspecified atom stereocenters. The zero-order valence-corrected chi connectivity index (χ0v) is 11.3. The highest BCUT2D eigenvalue weighted by Crippen LogP contribution is 2.12. The lowest BCUT2D eigenvalue weighted by Crippen LogP contribution is -2.22. The maximum absolute atomic E-state index is 10.8. The Labute approximate surface area is 112 Å². The summed E-state index contributed by atoms with van der Waals surface area (Å²) in [5.74, 6) is 0.825. The number of thioether (sulfide) groups is 1. The highest BCUT2D eigenvalue weighted by atomic mass is 32.2. The van der Waals surface area contributed by atoms with Crippen molar-refractivity contribution in [1.29, 1.82) is 0 Å². The first kappa shape index (κ1) is 14.9. The van der Waals surface area contributed by atoms with Gasteiger partial charge in [-0.15, -0.1) is 0 Å². The van der Waals surface area contributed by atoms with Crippen molar-refractivity contribution in [3.63, 3.8) is 0 Å². The fraction of sp³-hybridized carbons (Fsp3) is 0.462. The van der Waals surface area contributed by atoms with Crippen molar-refractivity contribution < 1.29 is 14.6 Å². The first-order valence-electron chi connectivity index (χ1n) is 5.90. The predicted molar refractivity (Wildman–Crippen MR) is 74.8 cm³/mol. The molecule has 0 aliphatic heterocycles. The molecule has 0 amide bonds. The second-order valence-corrected chi connectivity index (χ2v) is 4.76. The van der Waals surface area contributed by atoms with Gasteiger partial charge in [-0.05, 0) is 43.2 Å². The van der Waals surface area contributed by atoms with Gasteiger partial charge in [0.2, 0.25) is 0 Å². The van der Waals surface area contributed by atoms with Gasteiger partial charge in [0.15, 0.2) is 0 Å². The number of benzene rings is 1. The van der Waals surface area contributed by atoms with Crippen molar-refractivity contribution >= 4 is 17.7 Å². The van der Waals surface area contributed by atoms with Crippen molar-refractivity contribution in [2.24, 2.45) is 0 Å². The Kier molecular flexibility index (Phi) is 7.29. The summed E-state index contributed by atoms with van der Waals surface area (Å²) in [7, 11) is 0. The van der Waals surface area contributed by atoms with Gasteiger partial charge in [0.1, 0.15) is 12.4 Å². The van der Waals surface area contributed by atoms with Crippen LogP contribution in [0.2, 0.25) is 0 Å². The van der Waals surface area contributed by atoms with Gasteiger partial charge in [0.05, 0.1) is 5.56 Å². The highest BCUT2D eigenvalue weighted by molar-refractivity contribution is 7.98. The van der Waals surface area contributed by atoms with Crippen LogP contribution in [0.5, 0.6) is 5.75 Å². The Balaban J connectivity index is 2.19. The number of ether oxygens (including phenoxy) is 1. The van der Waals surface area contributed by atoms with E-state index >= 15 is 0 Å². The normalized spacial score (nSPS) is 10.3. The number of rotatable bonds is 9. The minimum atomic E-state index is -0.935. The molecule has 0 atom stereocenters. The Morgan fingerprint density at radius 3 is 3.00 bits per heavy atom. The summed E-state index contributed by atoms with van der Waals surface area (Å²) in [6.45, 7) is 2.30. The lowest BCUT2D eigenvalue weighted by atomic mass is 10.2. The van der Waals surface area contributed by atoms with Crippen LogP contribution in [-0.2, 0) is 0 Å². The smallest absolute Gasteiger partial charge is 0.335 e. The van der Waals surface area contributed by atoms with Gasteiger partial charge in [-0.1, -0.05) is 6.07 Å². The van der Waals surface area contributed by atoms with E-state index < -0.39 is 5.97 Å². The zero-order valence-electron chi connectivity index (χ0n) is 10.5. The third-order valence-electron chi connectivity index (χ3n) is 2.33. The van der Waals surface area contributed by atoms with Crippen LogP contribution in [0, 0.1) is 0 Å². The van der Waals surface area contributed by atoms with E-state index in [1.54, 1.807) is 18.2 Å². The number of aromatic carboxylic acids is 1. The molecule has 0 aromatic heterocycles. The van der Waals surface area contributed by atoms with E-state index in [2.05, 4.69) is 11.6 Å². The molecule has 100 valence electrons. The molecule has 2 N–H and O–H groups in total. The van der Waals surface area contributed by atoms with Gasteiger partial charge in [0.25, 0.3) is 0 Å². The summed E-state index contributed by atoms with van der Waals surface area (Å²) in [5, 5.41) is 12.1. The molecule has 18 heavy (non-hydrogen) atoms. The number of nitrogens with one attached hydrogen (secondary N) is 1. The lowest BCUT2D eigenvalue weighted by Gasteiger charge is -2.07. The van der Waals surface area contributed by atoms with Gasteiger partial charge >= 0.3 is 5.97 Å². The molecular formula is C13H19NO3S. The minimum Gasteiger partial charge on any atom is -0.492 e. The van der Waals surface area contributed by atoms with Gasteiger partial charge in [-0.2, -0.15) is 11.8 Å². The van der Waals surface area contributed by atoms with Crippen LogP contribution in [0.1, 0.15) is 16.8 Å². The van der Waals surface area contributed by atoms with Crippen molar-refractivity contribution in [2.75, 3.05) is 31.7 Å². The summed E-state index contributed by atoms with van der Waals surface area (Å²) in [4.78, 5) is 10.8. The van der Waals surface area contributed by atoms with Crippen LogP contribution >= 0.6 is 11.8 Å². The third kappa shape index (κ3) is 5.93. The number of carboxylic acids is 1. The van der Waals surface area contributed by atoms with Crippen LogP contribution < -0.4 is 10.1 Å². The molecule has 0 spiro atoms. The molecule has 5 heteroatoms. The maximum Gasteiger partial charge on any atom is 0.335 e. The van der Waals surface area contributed by atoms with E-state index in [1.165, 1.54) is 6.07 Å².